The molecule has 6 nitrogen and oxygen atoms in total. The average Bonchev–Trinajstić information content (AvgIpc) is 2.82. The zero-order valence-electron chi connectivity index (χ0n) is 13.4. The molecule has 0 spiro atoms. The number of hydrogen-bond donors (Lipinski definition) is 2. The van der Waals surface area contributed by atoms with Crippen molar-refractivity contribution in [1.82, 2.24) is 15.5 Å². The van der Waals surface area contributed by atoms with Gasteiger partial charge in [0.15, 0.2) is 0 Å². The van der Waals surface area contributed by atoms with Gasteiger partial charge < -0.3 is 10.6 Å². The van der Waals surface area contributed by atoms with E-state index in [4.69, 9.17) is 11.6 Å². The van der Waals surface area contributed by atoms with Gasteiger partial charge in [-0.15, -0.1) is 0 Å². The van der Waals surface area contributed by atoms with E-state index in [1.807, 2.05) is 18.4 Å². The lowest BCUT2D eigenvalue weighted by Crippen LogP contribution is -2.41. The smallest absolute Gasteiger partial charge is 0.325 e. The van der Waals surface area contributed by atoms with Gasteiger partial charge in [-0.2, -0.15) is 11.8 Å². The summed E-state index contributed by atoms with van der Waals surface area (Å²) >= 11 is 7.42. The molecule has 2 rings (SSSR count). The maximum Gasteiger partial charge on any atom is 0.325 e. The Hall–Kier alpha value is -1.73. The molecular formula is C16H20ClN3O3S. The SMILES string of the molecule is CSCC[C@@H]1NC(=O)N(CC(=O)NCCc2ccc(Cl)cc2)C1=O. The van der Waals surface area contributed by atoms with Crippen LogP contribution in [0.25, 0.3) is 0 Å². The molecule has 4 amide bonds. The van der Waals surface area contributed by atoms with Crippen LogP contribution in [-0.2, 0) is 16.0 Å². The average molecular weight is 370 g/mol. The molecule has 130 valence electrons. The highest BCUT2D eigenvalue weighted by molar-refractivity contribution is 7.98. The Morgan fingerprint density at radius 3 is 2.71 bits per heavy atom. The summed E-state index contributed by atoms with van der Waals surface area (Å²) in [6.45, 7) is 0.182. The number of thioether (sulfide) groups is 1. The summed E-state index contributed by atoms with van der Waals surface area (Å²) in [7, 11) is 0. The van der Waals surface area contributed by atoms with Crippen LogP contribution >= 0.6 is 23.4 Å². The lowest BCUT2D eigenvalue weighted by atomic mass is 10.1. The molecule has 0 aromatic heterocycles. The normalized spacial score (nSPS) is 17.1. The van der Waals surface area contributed by atoms with Crippen LogP contribution in [0.4, 0.5) is 4.79 Å². The van der Waals surface area contributed by atoms with Gasteiger partial charge in [0, 0.05) is 11.6 Å². The molecule has 0 unspecified atom stereocenters. The van der Waals surface area contributed by atoms with Gasteiger partial charge in [-0.25, -0.2) is 4.79 Å². The van der Waals surface area contributed by atoms with Gasteiger partial charge in [0.2, 0.25) is 5.91 Å². The Balaban J connectivity index is 1.76. The third-order valence-electron chi connectivity index (χ3n) is 3.67. The molecule has 1 saturated heterocycles. The number of rotatable bonds is 8. The van der Waals surface area contributed by atoms with Crippen molar-refractivity contribution in [3.05, 3.63) is 34.9 Å². The zero-order chi connectivity index (χ0) is 17.5. The van der Waals surface area contributed by atoms with Crippen molar-refractivity contribution in [2.45, 2.75) is 18.9 Å². The first-order valence-electron chi connectivity index (χ1n) is 7.63. The molecule has 0 bridgehead atoms. The Kier molecular flexibility index (Phi) is 6.93. The lowest BCUT2D eigenvalue weighted by molar-refractivity contribution is -0.132. The standard InChI is InChI=1S/C16H20ClN3O3S/c1-24-9-7-13-15(22)20(16(23)19-13)10-14(21)18-8-6-11-2-4-12(17)5-3-11/h2-5,13H,6-10H2,1H3,(H,18,21)(H,19,23)/t13-/m0/s1. The highest BCUT2D eigenvalue weighted by Gasteiger charge is 2.38. The van der Waals surface area contributed by atoms with Gasteiger partial charge in [-0.1, -0.05) is 23.7 Å². The first-order chi connectivity index (χ1) is 11.5. The van der Waals surface area contributed by atoms with Crippen molar-refractivity contribution in [2.75, 3.05) is 25.1 Å². The first kappa shape index (κ1) is 18.6. The molecule has 2 N–H and O–H groups in total. The molecule has 1 aliphatic heterocycles. The Morgan fingerprint density at radius 1 is 1.33 bits per heavy atom. The predicted octanol–water partition coefficient (Wildman–Crippen LogP) is 1.67. The monoisotopic (exact) mass is 369 g/mol. The second-order valence-electron chi connectivity index (χ2n) is 5.43. The highest BCUT2D eigenvalue weighted by atomic mass is 35.5. The number of nitrogens with one attached hydrogen (secondary N) is 2. The number of urea groups is 1. The number of amides is 4. The fourth-order valence-corrected chi connectivity index (χ4v) is 2.95. The molecular weight excluding hydrogens is 350 g/mol. The second kappa shape index (κ2) is 8.94. The van der Waals surface area contributed by atoms with Crippen LogP contribution in [0.15, 0.2) is 24.3 Å². The number of nitrogens with zero attached hydrogens (tertiary/aromatic N) is 1. The van der Waals surface area contributed by atoms with Gasteiger partial charge >= 0.3 is 6.03 Å². The largest absolute Gasteiger partial charge is 0.354 e. The predicted molar refractivity (Wildman–Crippen MR) is 95.2 cm³/mol. The van der Waals surface area contributed by atoms with Crippen molar-refractivity contribution in [1.29, 1.82) is 0 Å². The third-order valence-corrected chi connectivity index (χ3v) is 4.56. The summed E-state index contributed by atoms with van der Waals surface area (Å²) in [6, 6.07) is 6.34. The molecule has 8 heteroatoms. The first-order valence-corrected chi connectivity index (χ1v) is 9.40. The molecule has 1 aromatic carbocycles. The van der Waals surface area contributed by atoms with Crippen LogP contribution in [-0.4, -0.2) is 53.9 Å². The Labute approximate surface area is 150 Å². The van der Waals surface area contributed by atoms with Crippen LogP contribution in [0.2, 0.25) is 5.02 Å². The molecule has 1 fully saturated rings. The Morgan fingerprint density at radius 2 is 2.04 bits per heavy atom. The molecule has 1 atom stereocenters. The number of imide groups is 1. The summed E-state index contributed by atoms with van der Waals surface area (Å²) in [4.78, 5) is 36.9. The Bertz CT molecular complexity index is 609. The van der Waals surface area contributed by atoms with E-state index in [2.05, 4.69) is 10.6 Å². The number of benzene rings is 1. The summed E-state index contributed by atoms with van der Waals surface area (Å²) in [5, 5.41) is 6.00. The second-order valence-corrected chi connectivity index (χ2v) is 6.86. The molecule has 24 heavy (non-hydrogen) atoms. The minimum atomic E-state index is -0.521. The molecule has 1 heterocycles. The van der Waals surface area contributed by atoms with E-state index in [1.54, 1.807) is 23.9 Å². The highest BCUT2D eigenvalue weighted by Crippen LogP contribution is 2.12. The minimum absolute atomic E-state index is 0.249. The number of halogens is 1. The maximum absolute atomic E-state index is 12.1. The fraction of sp³-hybridized carbons (Fsp3) is 0.438. The molecule has 0 radical (unpaired) electrons. The van der Waals surface area contributed by atoms with Gasteiger partial charge in [-0.3, -0.25) is 14.5 Å². The quantitative estimate of drug-likeness (QED) is 0.683. The van der Waals surface area contributed by atoms with Crippen LogP contribution in [0, 0.1) is 0 Å². The molecule has 1 aromatic rings. The number of hydrogen-bond acceptors (Lipinski definition) is 4. The van der Waals surface area contributed by atoms with Crippen molar-refractivity contribution < 1.29 is 14.4 Å². The fourth-order valence-electron chi connectivity index (χ4n) is 2.35. The van der Waals surface area contributed by atoms with Crippen molar-refractivity contribution in [3.63, 3.8) is 0 Å². The van der Waals surface area contributed by atoms with E-state index in [1.165, 1.54) is 0 Å². The number of carbonyl (C=O) groups excluding carboxylic acids is 3. The van der Waals surface area contributed by atoms with E-state index in [0.29, 0.717) is 24.4 Å². The zero-order valence-corrected chi connectivity index (χ0v) is 15.0. The van der Waals surface area contributed by atoms with Crippen LogP contribution in [0.5, 0.6) is 0 Å². The maximum atomic E-state index is 12.1. The summed E-state index contributed by atoms with van der Waals surface area (Å²) < 4.78 is 0. The molecule has 1 aliphatic rings. The third kappa shape index (κ3) is 5.14. The van der Waals surface area contributed by atoms with E-state index in [0.717, 1.165) is 16.2 Å². The van der Waals surface area contributed by atoms with Gasteiger partial charge in [0.1, 0.15) is 12.6 Å². The summed E-state index contributed by atoms with van der Waals surface area (Å²) in [5.74, 6) is 0.0949. The van der Waals surface area contributed by atoms with E-state index < -0.39 is 12.1 Å². The van der Waals surface area contributed by atoms with Crippen LogP contribution in [0.3, 0.4) is 0 Å². The van der Waals surface area contributed by atoms with Crippen LogP contribution < -0.4 is 10.6 Å². The van der Waals surface area contributed by atoms with Crippen LogP contribution in [0.1, 0.15) is 12.0 Å². The van der Waals surface area contributed by atoms with E-state index in [-0.39, 0.29) is 18.4 Å². The van der Waals surface area contributed by atoms with E-state index in [9.17, 15) is 14.4 Å². The summed E-state index contributed by atoms with van der Waals surface area (Å²) in [6.07, 6.45) is 3.16. The molecule has 0 aliphatic carbocycles. The van der Waals surface area contributed by atoms with E-state index >= 15 is 0 Å². The van der Waals surface area contributed by atoms with Crippen molar-refractivity contribution >= 4 is 41.2 Å². The van der Waals surface area contributed by atoms with Gasteiger partial charge in [-0.05, 0) is 42.5 Å². The van der Waals surface area contributed by atoms with Crippen molar-refractivity contribution in [3.8, 4) is 0 Å². The van der Waals surface area contributed by atoms with Crippen molar-refractivity contribution in [2.24, 2.45) is 0 Å². The summed E-state index contributed by atoms with van der Waals surface area (Å²) in [5.41, 5.74) is 1.05. The number of carbonyl (C=O) groups is 3. The molecule has 0 saturated carbocycles. The minimum Gasteiger partial charge on any atom is -0.354 e. The van der Waals surface area contributed by atoms with Gasteiger partial charge in [0.05, 0.1) is 0 Å². The lowest BCUT2D eigenvalue weighted by Gasteiger charge is -2.13. The topological polar surface area (TPSA) is 78.5 Å². The van der Waals surface area contributed by atoms with Gasteiger partial charge in [0.25, 0.3) is 5.91 Å².